The highest BCUT2D eigenvalue weighted by molar-refractivity contribution is 5.94. The minimum absolute atomic E-state index is 0.0852. The number of imidazole rings is 1. The number of aromatic amines is 1. The van der Waals surface area contributed by atoms with Crippen LogP contribution >= 0.6 is 0 Å². The van der Waals surface area contributed by atoms with Gasteiger partial charge in [0.25, 0.3) is 5.69 Å². The van der Waals surface area contributed by atoms with E-state index in [1.807, 2.05) is 0 Å². The number of nitro benzene ring substituents is 1. The standard InChI is InChI=1S/C13H15N5O3/c14-13(19)9-3-4-11(18(20)21)10(8-9)15-5-1-2-12-16-6-7-17-12/h3-4,6-8,15H,1-2,5H2,(H2,14,19)(H,16,17). The lowest BCUT2D eigenvalue weighted by atomic mass is 10.1. The van der Waals surface area contributed by atoms with Crippen LogP contribution in [-0.4, -0.2) is 27.3 Å². The number of aromatic nitrogens is 2. The molecule has 0 aliphatic carbocycles. The van der Waals surface area contributed by atoms with Gasteiger partial charge in [-0.15, -0.1) is 0 Å². The van der Waals surface area contributed by atoms with Gasteiger partial charge in [-0.3, -0.25) is 14.9 Å². The summed E-state index contributed by atoms with van der Waals surface area (Å²) < 4.78 is 0. The molecule has 8 heteroatoms. The van der Waals surface area contributed by atoms with Gasteiger partial charge in [0.05, 0.1) is 4.92 Å². The second-order valence-corrected chi connectivity index (χ2v) is 4.42. The van der Waals surface area contributed by atoms with E-state index < -0.39 is 10.8 Å². The average molecular weight is 289 g/mol. The van der Waals surface area contributed by atoms with Crippen LogP contribution in [0, 0.1) is 10.1 Å². The molecule has 0 saturated carbocycles. The first-order valence-electron chi connectivity index (χ1n) is 6.38. The molecule has 1 heterocycles. The van der Waals surface area contributed by atoms with Gasteiger partial charge < -0.3 is 16.0 Å². The molecule has 0 bridgehead atoms. The van der Waals surface area contributed by atoms with Crippen LogP contribution in [0.1, 0.15) is 22.6 Å². The summed E-state index contributed by atoms with van der Waals surface area (Å²) in [4.78, 5) is 28.7. The maximum Gasteiger partial charge on any atom is 0.292 e. The van der Waals surface area contributed by atoms with Crippen molar-refractivity contribution >= 4 is 17.3 Å². The number of nitrogens with two attached hydrogens (primary N) is 1. The van der Waals surface area contributed by atoms with Crippen molar-refractivity contribution < 1.29 is 9.72 Å². The molecular formula is C13H15N5O3. The molecule has 110 valence electrons. The highest BCUT2D eigenvalue weighted by Crippen LogP contribution is 2.25. The summed E-state index contributed by atoms with van der Waals surface area (Å²) in [6, 6.07) is 4.01. The van der Waals surface area contributed by atoms with Crippen LogP contribution in [0.4, 0.5) is 11.4 Å². The number of aryl methyl sites for hydroxylation is 1. The van der Waals surface area contributed by atoms with Gasteiger partial charge in [-0.2, -0.15) is 0 Å². The van der Waals surface area contributed by atoms with Crippen molar-refractivity contribution in [3.05, 3.63) is 52.1 Å². The number of primary amides is 1. The lowest BCUT2D eigenvalue weighted by molar-refractivity contribution is -0.384. The van der Waals surface area contributed by atoms with E-state index >= 15 is 0 Å². The lowest BCUT2D eigenvalue weighted by Crippen LogP contribution is -2.12. The zero-order valence-electron chi connectivity index (χ0n) is 11.2. The Balaban J connectivity index is 2.01. The molecule has 1 aromatic carbocycles. The number of rotatable bonds is 7. The van der Waals surface area contributed by atoms with E-state index in [0.29, 0.717) is 6.54 Å². The third-order valence-electron chi connectivity index (χ3n) is 2.94. The zero-order chi connectivity index (χ0) is 15.2. The monoisotopic (exact) mass is 289 g/mol. The van der Waals surface area contributed by atoms with Gasteiger partial charge in [0.1, 0.15) is 11.5 Å². The number of benzene rings is 1. The number of amides is 1. The molecular weight excluding hydrogens is 274 g/mol. The normalized spacial score (nSPS) is 10.3. The van der Waals surface area contributed by atoms with Crippen LogP contribution < -0.4 is 11.1 Å². The Morgan fingerprint density at radius 3 is 2.90 bits per heavy atom. The predicted octanol–water partition coefficient (Wildman–Crippen LogP) is 1.46. The van der Waals surface area contributed by atoms with E-state index in [4.69, 9.17) is 5.73 Å². The molecule has 4 N–H and O–H groups in total. The Kier molecular flexibility index (Phi) is 4.50. The second-order valence-electron chi connectivity index (χ2n) is 4.42. The second kappa shape index (κ2) is 6.51. The summed E-state index contributed by atoms with van der Waals surface area (Å²) >= 11 is 0. The zero-order valence-corrected chi connectivity index (χ0v) is 11.2. The summed E-state index contributed by atoms with van der Waals surface area (Å²) in [5, 5.41) is 13.9. The van der Waals surface area contributed by atoms with Crippen LogP contribution in [-0.2, 0) is 6.42 Å². The van der Waals surface area contributed by atoms with Gasteiger partial charge in [-0.25, -0.2) is 4.98 Å². The fraction of sp³-hybridized carbons (Fsp3) is 0.231. The van der Waals surface area contributed by atoms with Crippen molar-refractivity contribution in [1.82, 2.24) is 9.97 Å². The molecule has 1 aromatic heterocycles. The first-order valence-corrected chi connectivity index (χ1v) is 6.38. The van der Waals surface area contributed by atoms with Crippen LogP contribution in [0.25, 0.3) is 0 Å². The Hall–Kier alpha value is -2.90. The summed E-state index contributed by atoms with van der Waals surface area (Å²) in [6.07, 6.45) is 4.88. The van der Waals surface area contributed by atoms with Gasteiger partial charge in [0.15, 0.2) is 0 Å². The number of nitro groups is 1. The van der Waals surface area contributed by atoms with Crippen molar-refractivity contribution in [2.24, 2.45) is 5.73 Å². The van der Waals surface area contributed by atoms with Gasteiger partial charge in [0, 0.05) is 37.0 Å². The van der Waals surface area contributed by atoms with Gasteiger partial charge in [-0.1, -0.05) is 0 Å². The quantitative estimate of drug-likeness (QED) is 0.404. The van der Waals surface area contributed by atoms with E-state index in [0.717, 1.165) is 18.7 Å². The van der Waals surface area contributed by atoms with Crippen LogP contribution in [0.15, 0.2) is 30.6 Å². The molecule has 2 rings (SSSR count). The van der Waals surface area contributed by atoms with Crippen molar-refractivity contribution in [3.8, 4) is 0 Å². The topological polar surface area (TPSA) is 127 Å². The maximum atomic E-state index is 11.1. The summed E-state index contributed by atoms with van der Waals surface area (Å²) in [7, 11) is 0. The molecule has 0 saturated heterocycles. The number of H-pyrrole nitrogens is 1. The van der Waals surface area contributed by atoms with E-state index in [9.17, 15) is 14.9 Å². The highest BCUT2D eigenvalue weighted by Gasteiger charge is 2.15. The number of hydrogen-bond acceptors (Lipinski definition) is 5. The lowest BCUT2D eigenvalue weighted by Gasteiger charge is -2.07. The minimum Gasteiger partial charge on any atom is -0.379 e. The number of hydrogen-bond donors (Lipinski definition) is 3. The van der Waals surface area contributed by atoms with Gasteiger partial charge in [-0.05, 0) is 18.6 Å². The Morgan fingerprint density at radius 2 is 2.29 bits per heavy atom. The van der Waals surface area contributed by atoms with E-state index in [2.05, 4.69) is 15.3 Å². The first-order chi connectivity index (χ1) is 10.1. The molecule has 0 radical (unpaired) electrons. The summed E-state index contributed by atoms with van der Waals surface area (Å²) in [6.45, 7) is 0.518. The van der Waals surface area contributed by atoms with Crippen LogP contribution in [0.2, 0.25) is 0 Å². The highest BCUT2D eigenvalue weighted by atomic mass is 16.6. The fourth-order valence-electron chi connectivity index (χ4n) is 1.90. The number of anilines is 1. The predicted molar refractivity (Wildman–Crippen MR) is 77.0 cm³/mol. The Bertz CT molecular complexity index is 639. The molecule has 0 unspecified atom stereocenters. The van der Waals surface area contributed by atoms with E-state index in [-0.39, 0.29) is 16.9 Å². The molecule has 0 fully saturated rings. The molecule has 0 spiro atoms. The van der Waals surface area contributed by atoms with Crippen LogP contribution in [0.3, 0.4) is 0 Å². The van der Waals surface area contributed by atoms with E-state index in [1.165, 1.54) is 18.2 Å². The van der Waals surface area contributed by atoms with Crippen molar-refractivity contribution in [2.75, 3.05) is 11.9 Å². The first kappa shape index (κ1) is 14.5. The maximum absolute atomic E-state index is 11.1. The smallest absolute Gasteiger partial charge is 0.292 e. The number of carbonyl (C=O) groups is 1. The van der Waals surface area contributed by atoms with Gasteiger partial charge >= 0.3 is 0 Å². The third kappa shape index (κ3) is 3.78. The molecule has 2 aromatic rings. The molecule has 0 atom stereocenters. The minimum atomic E-state index is -0.622. The molecule has 21 heavy (non-hydrogen) atoms. The number of carbonyl (C=O) groups excluding carboxylic acids is 1. The Labute approximate surface area is 120 Å². The number of nitrogens with one attached hydrogen (secondary N) is 2. The molecule has 0 aliphatic rings. The van der Waals surface area contributed by atoms with Crippen molar-refractivity contribution in [1.29, 1.82) is 0 Å². The molecule has 8 nitrogen and oxygen atoms in total. The Morgan fingerprint density at radius 1 is 1.48 bits per heavy atom. The largest absolute Gasteiger partial charge is 0.379 e. The fourth-order valence-corrected chi connectivity index (χ4v) is 1.90. The molecule has 0 aliphatic heterocycles. The van der Waals surface area contributed by atoms with E-state index in [1.54, 1.807) is 12.4 Å². The van der Waals surface area contributed by atoms with Gasteiger partial charge in [0.2, 0.25) is 5.91 Å². The van der Waals surface area contributed by atoms with Crippen molar-refractivity contribution in [2.45, 2.75) is 12.8 Å². The molecule has 1 amide bonds. The SMILES string of the molecule is NC(=O)c1ccc([N+](=O)[O-])c(NCCCc2ncc[nH]2)c1. The number of nitrogens with zero attached hydrogens (tertiary/aromatic N) is 2. The van der Waals surface area contributed by atoms with Crippen LogP contribution in [0.5, 0.6) is 0 Å². The van der Waals surface area contributed by atoms with Crippen molar-refractivity contribution in [3.63, 3.8) is 0 Å². The summed E-state index contributed by atoms with van der Waals surface area (Å²) in [5.74, 6) is 0.237. The average Bonchev–Trinajstić information content (AvgIpc) is 2.96. The third-order valence-corrected chi connectivity index (χ3v) is 2.94. The summed E-state index contributed by atoms with van der Waals surface area (Å²) in [5.41, 5.74) is 5.61.